The summed E-state index contributed by atoms with van der Waals surface area (Å²) in [5.74, 6) is 2.91. The number of fused-ring (bicyclic) bond motifs is 4. The second kappa shape index (κ2) is 37.1. The summed E-state index contributed by atoms with van der Waals surface area (Å²) < 4.78 is 126. The van der Waals surface area contributed by atoms with Gasteiger partial charge >= 0.3 is 12.2 Å². The molecular formula is C70H99IN6O20S2. The van der Waals surface area contributed by atoms with Gasteiger partial charge in [-0.1, -0.05) is 74.6 Å². The minimum Gasteiger partial charge on any atom is -0.494 e. The number of sulfonamides is 2. The molecule has 2 amide bonds. The van der Waals surface area contributed by atoms with Crippen molar-refractivity contribution in [2.24, 2.45) is 23.7 Å². The number of alkyl carbamates (subject to hydrolysis) is 2. The molecule has 0 aromatic heterocycles. The number of rotatable bonds is 31. The Kier molecular flexibility index (Phi) is 28.5. The molecule has 4 aromatic carbocycles. The highest BCUT2D eigenvalue weighted by molar-refractivity contribution is 14.1. The molecule has 0 unspecified atom stereocenters. The van der Waals surface area contributed by atoms with Gasteiger partial charge in [0.25, 0.3) is 0 Å². The number of hydrogen-bond donors (Lipinski definition) is 5. The molecule has 5 N–H and O–H groups in total. The number of nitrogens with one attached hydrogen (secondary N) is 3. The molecule has 6 saturated heterocycles. The molecule has 0 bridgehead atoms. The van der Waals surface area contributed by atoms with E-state index in [1.807, 2.05) is 76.2 Å². The van der Waals surface area contributed by atoms with E-state index in [2.05, 4.69) is 43.4 Å². The van der Waals surface area contributed by atoms with Gasteiger partial charge < -0.3 is 87.9 Å². The molecule has 0 aliphatic carbocycles. The fourth-order valence-corrected chi connectivity index (χ4v) is 16.6. The lowest BCUT2D eigenvalue weighted by Crippen LogP contribution is -2.51. The number of hydrogen-bond acceptors (Lipinski definition) is 22. The lowest BCUT2D eigenvalue weighted by atomic mass is 10.0. The van der Waals surface area contributed by atoms with Gasteiger partial charge in [0.05, 0.1) is 85.6 Å². The predicted octanol–water partition coefficient (Wildman–Crippen LogP) is 7.48. The van der Waals surface area contributed by atoms with Gasteiger partial charge in [-0.3, -0.25) is 0 Å². The Hall–Kier alpha value is -5.55. The van der Waals surface area contributed by atoms with Gasteiger partial charge in [0.1, 0.15) is 23.7 Å². The van der Waals surface area contributed by atoms with Gasteiger partial charge in [-0.25, -0.2) is 26.4 Å². The quantitative estimate of drug-likeness (QED) is 0.0185. The van der Waals surface area contributed by atoms with Crippen molar-refractivity contribution >= 4 is 54.8 Å². The molecule has 548 valence electrons. The lowest BCUT2D eigenvalue weighted by molar-refractivity contribution is -0.0909. The molecule has 10 atom stereocenters. The Balaban J connectivity index is 0.000000200. The molecule has 4 aromatic rings. The Morgan fingerprint density at radius 2 is 1.02 bits per heavy atom. The Morgan fingerprint density at radius 3 is 1.43 bits per heavy atom. The number of carbonyl (C=O) groups excluding carboxylic acids is 2. The van der Waals surface area contributed by atoms with Crippen LogP contribution in [0.5, 0.6) is 34.5 Å². The van der Waals surface area contributed by atoms with Gasteiger partial charge in [0, 0.05) is 49.3 Å². The smallest absolute Gasteiger partial charge is 0.407 e. The number of amides is 2. The first kappa shape index (κ1) is 76.1. The van der Waals surface area contributed by atoms with E-state index in [0.717, 1.165) is 72.4 Å². The van der Waals surface area contributed by atoms with E-state index in [4.69, 9.17) is 56.8 Å². The molecule has 26 nitrogen and oxygen atoms in total. The number of ether oxygens (including phenoxy) is 12. The number of aliphatic hydroxyl groups is 2. The topological polar surface area (TPSA) is 299 Å². The first-order chi connectivity index (χ1) is 47.8. The van der Waals surface area contributed by atoms with Crippen LogP contribution >= 0.6 is 22.6 Å². The van der Waals surface area contributed by atoms with Crippen LogP contribution in [0.2, 0.25) is 0 Å². The van der Waals surface area contributed by atoms with Crippen molar-refractivity contribution in [1.29, 1.82) is 0 Å². The zero-order chi connectivity index (χ0) is 69.9. The number of aliphatic hydroxyl groups excluding tert-OH is 2. The zero-order valence-electron chi connectivity index (χ0n) is 57.1. The van der Waals surface area contributed by atoms with Gasteiger partial charge in [-0.2, -0.15) is 8.61 Å². The van der Waals surface area contributed by atoms with Crippen LogP contribution in [0.15, 0.2) is 94.7 Å². The van der Waals surface area contributed by atoms with Crippen molar-refractivity contribution in [2.75, 3.05) is 117 Å². The summed E-state index contributed by atoms with van der Waals surface area (Å²) in [6, 6.07) is 22.1. The van der Waals surface area contributed by atoms with Crippen LogP contribution < -0.4 is 44.4 Å². The van der Waals surface area contributed by atoms with Crippen molar-refractivity contribution < 1.29 is 93.5 Å². The summed E-state index contributed by atoms with van der Waals surface area (Å²) >= 11 is 2.30. The first-order valence-electron chi connectivity index (χ1n) is 34.8. The first-order valence-corrected chi connectivity index (χ1v) is 39.2. The monoisotopic (exact) mass is 1530 g/mol. The number of carbonyl (C=O) groups is 2. The summed E-state index contributed by atoms with van der Waals surface area (Å²) in [6.45, 7) is 16.0. The van der Waals surface area contributed by atoms with E-state index in [-0.39, 0.29) is 112 Å². The van der Waals surface area contributed by atoms with E-state index in [9.17, 15) is 36.6 Å². The van der Waals surface area contributed by atoms with Crippen molar-refractivity contribution in [1.82, 2.24) is 29.5 Å². The fourth-order valence-electron chi connectivity index (χ4n) is 13.0. The van der Waals surface area contributed by atoms with E-state index in [0.29, 0.717) is 49.4 Å². The van der Waals surface area contributed by atoms with E-state index in [1.54, 1.807) is 12.1 Å². The second-order valence-electron chi connectivity index (χ2n) is 26.8. The third-order valence-electron chi connectivity index (χ3n) is 18.3. The third-order valence-corrected chi connectivity index (χ3v) is 22.7. The van der Waals surface area contributed by atoms with E-state index < -0.39 is 68.7 Å². The van der Waals surface area contributed by atoms with Crippen molar-refractivity contribution in [2.45, 2.75) is 151 Å². The average molecular weight is 1540 g/mol. The minimum absolute atomic E-state index is 0.0175. The number of nitrogens with zero attached hydrogens (tertiary/aromatic N) is 3. The molecule has 29 heteroatoms. The fraction of sp³-hybridized carbons (Fsp3) is 0.629. The lowest BCUT2D eigenvalue weighted by Gasteiger charge is -2.31. The standard InChI is InChI=1S/C35H49N3O10S.C31H41IN2O10S.C4H9N/c1-24(2)20-38(49(41,42)27-10-11-31-32(19-27)47-23-46-31)21-30(39)29(36-35(40)48-33-22-45-34-28(33)12-17-44-34)18-25-6-8-26(9-7-25)43-16-5-15-37-13-3-4-14-37;1-20(2)16-34(45(37,38)23-8-9-27-28(15-23)43-19-42-27)17-26(35)25(14-21-4-6-22(7-5-21)39-12-3-11-32)33-31(36)44-29-18-41-30-24(29)10-13-40-30;1-2-4-5-3-1/h6-11,19,24,28-30,33-34,39H,3-5,12-18,20-23H2,1-2H3,(H,36,40);4-9,15,20,24-26,29-30,35H,3,10-14,16-19H2,1-2H3,(H,33,36);5H,1-4H2/t28-,29-,30+,33-,34+;24-,25-,26+,29-,30+;/m00./s1. The van der Waals surface area contributed by atoms with Gasteiger partial charge in [-0.05, 0) is 162 Å². The van der Waals surface area contributed by atoms with Crippen LogP contribution in [0, 0.1) is 23.7 Å². The second-order valence-corrected chi connectivity index (χ2v) is 31.8. The molecule has 8 aliphatic heterocycles. The molecule has 8 aliphatic rings. The number of benzene rings is 4. The van der Waals surface area contributed by atoms with E-state index in [1.165, 1.54) is 71.6 Å². The highest BCUT2D eigenvalue weighted by atomic mass is 127. The number of halogens is 1. The molecule has 0 radical (unpaired) electrons. The SMILES string of the molecule is C1CCNC1.CC(C)CN(C[C@@H](O)[C@H](Cc1ccc(OCCCI)cc1)NC(=O)O[C@H]1CO[C@H]2OCC[C@H]21)S(=O)(=O)c1ccc2c(c1)OCO2.CC(C)CN(C[C@@H](O)[C@H](Cc1ccc(OCCCN2CCCC2)cc1)NC(=O)O[C@H]1CO[C@H]2OCC[C@H]21)S(=O)(=O)c1ccc2c(c1)OCO2. The van der Waals surface area contributed by atoms with Gasteiger partial charge in [0.2, 0.25) is 33.6 Å². The molecule has 0 spiro atoms. The molecule has 6 fully saturated rings. The molecule has 8 heterocycles. The largest absolute Gasteiger partial charge is 0.494 e. The van der Waals surface area contributed by atoms with Crippen LogP contribution in [0.1, 0.15) is 90.2 Å². The highest BCUT2D eigenvalue weighted by Crippen LogP contribution is 2.38. The van der Waals surface area contributed by atoms with Gasteiger partial charge in [0.15, 0.2) is 35.6 Å². The van der Waals surface area contributed by atoms with E-state index >= 15 is 0 Å². The van der Waals surface area contributed by atoms with Crippen LogP contribution in [0.4, 0.5) is 9.59 Å². The van der Waals surface area contributed by atoms with Crippen molar-refractivity contribution in [3.05, 3.63) is 96.1 Å². The average Bonchev–Trinajstić information content (AvgIpc) is 1.54. The van der Waals surface area contributed by atoms with Crippen LogP contribution in [0.25, 0.3) is 0 Å². The summed E-state index contributed by atoms with van der Waals surface area (Å²) in [4.78, 5) is 28.9. The molecule has 12 rings (SSSR count). The summed E-state index contributed by atoms with van der Waals surface area (Å²) in [5, 5.41) is 32.1. The Bertz CT molecular complexity index is 3420. The third kappa shape index (κ3) is 21.8. The van der Waals surface area contributed by atoms with Crippen LogP contribution in [-0.2, 0) is 61.3 Å². The predicted molar refractivity (Wildman–Crippen MR) is 374 cm³/mol. The molecule has 0 saturated carbocycles. The maximum absolute atomic E-state index is 13.9. The van der Waals surface area contributed by atoms with Crippen molar-refractivity contribution in [3.63, 3.8) is 0 Å². The maximum atomic E-state index is 13.9. The highest BCUT2D eigenvalue weighted by Gasteiger charge is 2.46. The van der Waals surface area contributed by atoms with Gasteiger partial charge in [-0.15, -0.1) is 0 Å². The number of alkyl halides is 1. The molecular weight excluding hydrogens is 1440 g/mol. The summed E-state index contributed by atoms with van der Waals surface area (Å²) in [6.07, 6.45) is 3.39. The Morgan fingerprint density at radius 1 is 0.586 bits per heavy atom. The zero-order valence-corrected chi connectivity index (χ0v) is 60.9. The molecule has 99 heavy (non-hydrogen) atoms. The Labute approximate surface area is 595 Å². The summed E-state index contributed by atoms with van der Waals surface area (Å²) in [5.41, 5.74) is 1.65. The minimum atomic E-state index is -4.05. The van der Waals surface area contributed by atoms with Crippen LogP contribution in [-0.4, -0.2) is 218 Å². The van der Waals surface area contributed by atoms with Crippen LogP contribution in [0.3, 0.4) is 0 Å². The van der Waals surface area contributed by atoms with Crippen molar-refractivity contribution in [3.8, 4) is 34.5 Å². The maximum Gasteiger partial charge on any atom is 0.407 e. The normalized spacial score (nSPS) is 22.7. The number of likely N-dealkylation sites (tertiary alicyclic amines) is 1. The summed E-state index contributed by atoms with van der Waals surface area (Å²) in [7, 11) is -8.10.